The number of piperazine rings is 2. The van der Waals surface area contributed by atoms with E-state index < -0.39 is 0 Å². The monoisotopic (exact) mass is 1140 g/mol. The number of hydrogen-bond donors (Lipinski definition) is 4. The van der Waals surface area contributed by atoms with Gasteiger partial charge in [0.15, 0.2) is 0 Å². The van der Waals surface area contributed by atoms with Crippen molar-refractivity contribution in [2.75, 3.05) is 98.1 Å². The molecule has 0 spiro atoms. The molecule has 4 aliphatic rings. The molecule has 360 valence electrons. The van der Waals surface area contributed by atoms with Crippen molar-refractivity contribution in [3.05, 3.63) is 129 Å². The third kappa shape index (κ3) is 18.1. The molecule has 4 aliphatic heterocycles. The molecule has 0 aliphatic carbocycles. The van der Waals surface area contributed by atoms with E-state index in [1.54, 1.807) is 0 Å². The maximum absolute atomic E-state index is 4.81. The molecule has 4 heterocycles. The van der Waals surface area contributed by atoms with Gasteiger partial charge in [-0.25, -0.2) is 0 Å². The normalized spacial score (nSPS) is 15.8. The predicted molar refractivity (Wildman–Crippen MR) is 273 cm³/mol. The van der Waals surface area contributed by atoms with E-state index in [9.17, 15) is 0 Å². The SMILES string of the molecule is C1CNCCN1.C1CNCCN1.Cc1cc(C)c(N2[C]N(c3c(C)cc(C)cc3C)CC2)c(C)c1.Cc1cc(C)c(N2[C]N(c3c(C)cc(C)cc3C)CC2)c(C)c1.[Cl][Pd][Cl].[Cl][Pd][Cl]. The first-order valence-electron chi connectivity index (χ1n) is 22.0. The Kier molecular flexibility index (Phi) is 26.6. The van der Waals surface area contributed by atoms with Crippen LogP contribution in [0.2, 0.25) is 0 Å². The summed E-state index contributed by atoms with van der Waals surface area (Å²) in [5.74, 6) is 0. The van der Waals surface area contributed by atoms with E-state index in [0.29, 0.717) is 0 Å². The van der Waals surface area contributed by atoms with Crippen LogP contribution < -0.4 is 40.9 Å². The molecular formula is C50H72Cl4N8Pd2. The van der Waals surface area contributed by atoms with Crippen molar-refractivity contribution in [1.29, 1.82) is 0 Å². The topological polar surface area (TPSA) is 61.1 Å². The number of anilines is 4. The van der Waals surface area contributed by atoms with Crippen LogP contribution in [0.15, 0.2) is 48.5 Å². The molecular weight excluding hydrogens is 1070 g/mol. The van der Waals surface area contributed by atoms with Crippen molar-refractivity contribution in [1.82, 2.24) is 21.3 Å². The predicted octanol–water partition coefficient (Wildman–Crippen LogP) is 10.8. The summed E-state index contributed by atoms with van der Waals surface area (Å²) in [5.41, 5.74) is 21.1. The molecule has 8 nitrogen and oxygen atoms in total. The fourth-order valence-corrected chi connectivity index (χ4v) is 9.14. The fourth-order valence-electron chi connectivity index (χ4n) is 9.14. The molecule has 0 amide bonds. The Hall–Kier alpha value is -1.60. The Morgan fingerprint density at radius 3 is 0.594 bits per heavy atom. The van der Waals surface area contributed by atoms with Crippen molar-refractivity contribution in [3.8, 4) is 0 Å². The van der Waals surface area contributed by atoms with E-state index in [0.717, 1.165) is 78.5 Å². The molecule has 8 rings (SSSR count). The van der Waals surface area contributed by atoms with Crippen LogP contribution in [0, 0.1) is 96.4 Å². The van der Waals surface area contributed by atoms with Gasteiger partial charge in [-0.05, 0) is 128 Å². The van der Waals surface area contributed by atoms with Crippen LogP contribution in [0.4, 0.5) is 22.7 Å². The number of halogens is 4. The Balaban J connectivity index is 0.000000246. The number of nitrogens with zero attached hydrogens (tertiary/aromatic N) is 4. The Morgan fingerprint density at radius 1 is 0.328 bits per heavy atom. The molecule has 0 saturated carbocycles. The Labute approximate surface area is 420 Å². The van der Waals surface area contributed by atoms with E-state index in [4.69, 9.17) is 38.1 Å². The maximum atomic E-state index is 4.81. The van der Waals surface area contributed by atoms with E-state index >= 15 is 0 Å². The van der Waals surface area contributed by atoms with Crippen LogP contribution in [0.3, 0.4) is 0 Å². The zero-order valence-electron chi connectivity index (χ0n) is 40.0. The number of hydrogen-bond acceptors (Lipinski definition) is 8. The fraction of sp³-hybridized carbons (Fsp3) is 0.480. The zero-order chi connectivity index (χ0) is 47.3. The van der Waals surface area contributed by atoms with Gasteiger partial charge in [0, 0.05) is 101 Å². The van der Waals surface area contributed by atoms with Crippen LogP contribution in [-0.2, 0) is 31.9 Å². The number of nitrogens with one attached hydrogen (secondary N) is 4. The van der Waals surface area contributed by atoms with Crippen LogP contribution in [0.25, 0.3) is 0 Å². The van der Waals surface area contributed by atoms with Gasteiger partial charge in [-0.1, -0.05) is 70.8 Å². The van der Waals surface area contributed by atoms with Gasteiger partial charge in [-0.15, -0.1) is 0 Å². The molecule has 0 atom stereocenters. The summed E-state index contributed by atoms with van der Waals surface area (Å²) in [6.07, 6.45) is 0. The van der Waals surface area contributed by atoms with E-state index in [-0.39, 0.29) is 31.9 Å². The average molecular weight is 1140 g/mol. The van der Waals surface area contributed by atoms with E-state index in [1.807, 2.05) is 0 Å². The summed E-state index contributed by atoms with van der Waals surface area (Å²) < 4.78 is 0. The van der Waals surface area contributed by atoms with E-state index in [2.05, 4.69) is 186 Å². The van der Waals surface area contributed by atoms with Crippen molar-refractivity contribution in [2.24, 2.45) is 0 Å². The molecule has 14 heteroatoms. The summed E-state index contributed by atoms with van der Waals surface area (Å²) in [7, 11) is 19.3. The summed E-state index contributed by atoms with van der Waals surface area (Å²) in [5, 5.41) is 12.9. The number of rotatable bonds is 4. The molecule has 4 saturated heterocycles. The average Bonchev–Trinajstić information content (AvgIpc) is 3.90. The van der Waals surface area contributed by atoms with Gasteiger partial charge in [0.2, 0.25) is 13.3 Å². The van der Waals surface area contributed by atoms with Crippen molar-refractivity contribution < 1.29 is 31.9 Å². The number of benzene rings is 4. The minimum absolute atomic E-state index is 0.106. The minimum atomic E-state index is -0.106. The third-order valence-corrected chi connectivity index (χ3v) is 11.1. The Morgan fingerprint density at radius 2 is 0.469 bits per heavy atom. The first-order valence-corrected chi connectivity index (χ1v) is 30.0. The second-order valence-electron chi connectivity index (χ2n) is 16.9. The zero-order valence-corrected chi connectivity index (χ0v) is 46.2. The molecule has 0 aromatic heterocycles. The quantitative estimate of drug-likeness (QED) is 0.151. The van der Waals surface area contributed by atoms with E-state index in [1.165, 1.54) is 89.5 Å². The first kappa shape index (κ1) is 56.7. The third-order valence-electron chi connectivity index (χ3n) is 11.1. The van der Waals surface area contributed by atoms with Gasteiger partial charge >= 0.3 is 70.0 Å². The second-order valence-corrected chi connectivity index (χ2v) is 21.6. The molecule has 0 bridgehead atoms. The van der Waals surface area contributed by atoms with Crippen molar-refractivity contribution in [3.63, 3.8) is 0 Å². The summed E-state index contributed by atoms with van der Waals surface area (Å²) in [4.78, 5) is 9.12. The summed E-state index contributed by atoms with van der Waals surface area (Å²) >= 11 is -0.211. The van der Waals surface area contributed by atoms with Crippen molar-refractivity contribution in [2.45, 2.75) is 83.1 Å². The number of aryl methyl sites for hydroxylation is 12. The van der Waals surface area contributed by atoms with Crippen LogP contribution in [0.5, 0.6) is 0 Å². The summed E-state index contributed by atoms with van der Waals surface area (Å²) in [6.45, 7) is 46.4. The molecule has 0 unspecified atom stereocenters. The van der Waals surface area contributed by atoms with Gasteiger partial charge in [0.1, 0.15) is 0 Å². The van der Waals surface area contributed by atoms with Crippen LogP contribution in [0.1, 0.15) is 66.8 Å². The molecule has 4 radical (unpaired) electrons. The van der Waals surface area contributed by atoms with Gasteiger partial charge in [0.05, 0.1) is 0 Å². The van der Waals surface area contributed by atoms with Gasteiger partial charge in [0.25, 0.3) is 0 Å². The second kappa shape index (κ2) is 30.0. The molecule has 4 aromatic carbocycles. The molecule has 4 N–H and O–H groups in total. The van der Waals surface area contributed by atoms with Crippen molar-refractivity contribution >= 4 is 60.9 Å². The van der Waals surface area contributed by atoms with Crippen LogP contribution >= 0.6 is 38.1 Å². The Bertz CT molecular complexity index is 1640. The van der Waals surface area contributed by atoms with Crippen LogP contribution in [-0.4, -0.2) is 78.5 Å². The summed E-state index contributed by atoms with van der Waals surface area (Å²) in [6, 6.07) is 18.1. The first-order chi connectivity index (χ1) is 30.6. The van der Waals surface area contributed by atoms with Gasteiger partial charge < -0.3 is 40.9 Å². The molecule has 4 aromatic rings. The molecule has 4 fully saturated rings. The van der Waals surface area contributed by atoms with Gasteiger partial charge in [-0.3, -0.25) is 0 Å². The van der Waals surface area contributed by atoms with Gasteiger partial charge in [-0.2, -0.15) is 0 Å². The standard InChI is InChI=1S/2C21H26N2.2C4H10N2.4ClH.2Pd/c2*1-14-9-16(3)20(17(4)10-14)22-7-8-23(13-22)21-18(5)11-15(2)12-19(21)6;2*1-2-6-4-3-5-1;;;;;;/h2*9-12H,7-8H2,1-6H3;2*5-6H,1-4H2;4*1H;;/q;;;;;;;;2*+2/p-4. The molecule has 64 heavy (non-hydrogen) atoms.